The molecule has 1 amide bonds. The largest absolute Gasteiger partial charge is 0.366 e. The number of aromatic nitrogens is 2. The molecule has 24 heavy (non-hydrogen) atoms. The van der Waals surface area contributed by atoms with E-state index in [1.165, 1.54) is 0 Å². The highest BCUT2D eigenvalue weighted by Gasteiger charge is 2.03. The van der Waals surface area contributed by atoms with Gasteiger partial charge in [-0.25, -0.2) is 4.98 Å². The van der Waals surface area contributed by atoms with E-state index in [9.17, 15) is 4.79 Å². The van der Waals surface area contributed by atoms with Gasteiger partial charge in [-0.3, -0.25) is 9.78 Å². The Morgan fingerprint density at radius 3 is 2.58 bits per heavy atom. The summed E-state index contributed by atoms with van der Waals surface area (Å²) in [5, 5.41) is 0. The van der Waals surface area contributed by atoms with Gasteiger partial charge < -0.3 is 5.73 Å². The summed E-state index contributed by atoms with van der Waals surface area (Å²) < 4.78 is 0. The predicted molar refractivity (Wildman–Crippen MR) is 93.1 cm³/mol. The van der Waals surface area contributed by atoms with E-state index in [4.69, 9.17) is 5.73 Å². The maximum Gasteiger partial charge on any atom is 0.248 e. The van der Waals surface area contributed by atoms with Gasteiger partial charge in [0.15, 0.2) is 0 Å². The molecule has 3 rings (SSSR count). The molecular weight excluding hydrogens is 298 g/mol. The SMILES string of the molecule is Cc1ccc(C(N)=O)cc1C#Cc1cncc(-c2ccccc2)n1. The summed E-state index contributed by atoms with van der Waals surface area (Å²) in [6.45, 7) is 1.93. The highest BCUT2D eigenvalue weighted by Crippen LogP contribution is 2.15. The van der Waals surface area contributed by atoms with E-state index in [0.29, 0.717) is 11.3 Å². The van der Waals surface area contributed by atoms with Gasteiger partial charge in [0.25, 0.3) is 0 Å². The molecule has 0 fully saturated rings. The molecular formula is C20H15N3O. The second-order valence-electron chi connectivity index (χ2n) is 5.30. The van der Waals surface area contributed by atoms with Crippen LogP contribution in [0, 0.1) is 18.8 Å². The first-order chi connectivity index (χ1) is 11.6. The fraction of sp³-hybridized carbons (Fsp3) is 0.0500. The molecule has 4 heteroatoms. The van der Waals surface area contributed by atoms with Crippen LogP contribution in [0.15, 0.2) is 60.9 Å². The lowest BCUT2D eigenvalue weighted by atomic mass is 10.0. The molecule has 0 aliphatic rings. The average Bonchev–Trinajstić information content (AvgIpc) is 2.62. The fourth-order valence-corrected chi connectivity index (χ4v) is 2.22. The number of nitrogens with zero attached hydrogens (tertiary/aromatic N) is 2. The van der Waals surface area contributed by atoms with Crippen molar-refractivity contribution in [3.8, 4) is 23.1 Å². The van der Waals surface area contributed by atoms with Crippen LogP contribution >= 0.6 is 0 Å². The zero-order valence-electron chi connectivity index (χ0n) is 13.2. The Morgan fingerprint density at radius 2 is 1.83 bits per heavy atom. The number of primary amides is 1. The van der Waals surface area contributed by atoms with Crippen LogP contribution in [-0.2, 0) is 0 Å². The molecule has 0 atom stereocenters. The zero-order valence-corrected chi connectivity index (χ0v) is 13.2. The fourth-order valence-electron chi connectivity index (χ4n) is 2.22. The minimum Gasteiger partial charge on any atom is -0.366 e. The summed E-state index contributed by atoms with van der Waals surface area (Å²) in [7, 11) is 0. The van der Waals surface area contributed by atoms with Crippen molar-refractivity contribution in [3.63, 3.8) is 0 Å². The highest BCUT2D eigenvalue weighted by atomic mass is 16.1. The number of carbonyl (C=O) groups excluding carboxylic acids is 1. The number of amides is 1. The zero-order chi connectivity index (χ0) is 16.9. The van der Waals surface area contributed by atoms with Crippen LogP contribution in [0.4, 0.5) is 0 Å². The van der Waals surface area contributed by atoms with Gasteiger partial charge in [0.2, 0.25) is 5.91 Å². The van der Waals surface area contributed by atoms with Crippen molar-refractivity contribution < 1.29 is 4.79 Å². The summed E-state index contributed by atoms with van der Waals surface area (Å²) in [6.07, 6.45) is 3.33. The number of hydrogen-bond donors (Lipinski definition) is 1. The molecule has 1 heterocycles. The van der Waals surface area contributed by atoms with Crippen molar-refractivity contribution in [3.05, 3.63) is 83.3 Å². The van der Waals surface area contributed by atoms with Crippen molar-refractivity contribution in [2.24, 2.45) is 5.73 Å². The second kappa shape index (κ2) is 6.76. The Labute approximate surface area is 140 Å². The lowest BCUT2D eigenvalue weighted by Gasteiger charge is -2.01. The molecule has 0 spiro atoms. The number of carbonyl (C=O) groups is 1. The maximum atomic E-state index is 11.3. The lowest BCUT2D eigenvalue weighted by molar-refractivity contribution is 0.100. The van der Waals surface area contributed by atoms with Gasteiger partial charge in [0, 0.05) is 16.7 Å². The third kappa shape index (κ3) is 3.47. The van der Waals surface area contributed by atoms with Gasteiger partial charge >= 0.3 is 0 Å². The normalized spacial score (nSPS) is 9.88. The molecule has 2 N–H and O–H groups in total. The van der Waals surface area contributed by atoms with Gasteiger partial charge in [0.1, 0.15) is 5.69 Å². The number of rotatable bonds is 2. The molecule has 116 valence electrons. The van der Waals surface area contributed by atoms with E-state index in [-0.39, 0.29) is 0 Å². The third-order valence-electron chi connectivity index (χ3n) is 3.55. The van der Waals surface area contributed by atoms with Crippen LogP contribution < -0.4 is 5.73 Å². The third-order valence-corrected chi connectivity index (χ3v) is 3.55. The maximum absolute atomic E-state index is 11.3. The number of benzene rings is 2. The minimum absolute atomic E-state index is 0.439. The summed E-state index contributed by atoms with van der Waals surface area (Å²) >= 11 is 0. The van der Waals surface area contributed by atoms with Crippen molar-refractivity contribution in [1.29, 1.82) is 0 Å². The van der Waals surface area contributed by atoms with E-state index >= 15 is 0 Å². The van der Waals surface area contributed by atoms with Gasteiger partial charge in [-0.2, -0.15) is 0 Å². The molecule has 1 aromatic heterocycles. The smallest absolute Gasteiger partial charge is 0.248 e. The van der Waals surface area contributed by atoms with Crippen LogP contribution in [0.2, 0.25) is 0 Å². The molecule has 0 bridgehead atoms. The van der Waals surface area contributed by atoms with E-state index in [1.54, 1.807) is 24.5 Å². The number of hydrogen-bond acceptors (Lipinski definition) is 3. The molecule has 0 radical (unpaired) electrons. The van der Waals surface area contributed by atoms with Gasteiger partial charge in [-0.1, -0.05) is 42.3 Å². The first-order valence-electron chi connectivity index (χ1n) is 7.43. The van der Waals surface area contributed by atoms with Crippen molar-refractivity contribution in [1.82, 2.24) is 9.97 Å². The Morgan fingerprint density at radius 1 is 1.04 bits per heavy atom. The molecule has 0 saturated carbocycles. The van der Waals surface area contributed by atoms with Crippen LogP contribution in [0.3, 0.4) is 0 Å². The van der Waals surface area contributed by atoms with Crippen molar-refractivity contribution in [2.45, 2.75) is 6.92 Å². The van der Waals surface area contributed by atoms with E-state index in [1.807, 2.05) is 43.3 Å². The topological polar surface area (TPSA) is 68.9 Å². The summed E-state index contributed by atoms with van der Waals surface area (Å²) in [5.74, 6) is 5.58. The van der Waals surface area contributed by atoms with Gasteiger partial charge in [0.05, 0.1) is 18.1 Å². The summed E-state index contributed by atoms with van der Waals surface area (Å²) in [6, 6.07) is 15.0. The average molecular weight is 313 g/mol. The monoisotopic (exact) mass is 313 g/mol. The first-order valence-corrected chi connectivity index (χ1v) is 7.43. The highest BCUT2D eigenvalue weighted by molar-refractivity contribution is 5.93. The quantitative estimate of drug-likeness (QED) is 0.740. The van der Waals surface area contributed by atoms with Crippen molar-refractivity contribution in [2.75, 3.05) is 0 Å². The molecule has 4 nitrogen and oxygen atoms in total. The van der Waals surface area contributed by atoms with E-state index in [2.05, 4.69) is 21.8 Å². The molecule has 2 aromatic carbocycles. The van der Waals surface area contributed by atoms with E-state index < -0.39 is 5.91 Å². The second-order valence-corrected chi connectivity index (χ2v) is 5.30. The number of aryl methyl sites for hydroxylation is 1. The lowest BCUT2D eigenvalue weighted by Crippen LogP contribution is -2.11. The molecule has 3 aromatic rings. The Bertz CT molecular complexity index is 953. The number of nitrogens with two attached hydrogens (primary N) is 1. The summed E-state index contributed by atoms with van der Waals surface area (Å²) in [4.78, 5) is 20.0. The minimum atomic E-state index is -0.469. The van der Waals surface area contributed by atoms with Crippen LogP contribution in [-0.4, -0.2) is 15.9 Å². The van der Waals surface area contributed by atoms with Crippen molar-refractivity contribution >= 4 is 5.91 Å². The Hall–Kier alpha value is -3.45. The molecule has 0 aliphatic heterocycles. The van der Waals surface area contributed by atoms with E-state index in [0.717, 1.165) is 22.4 Å². The van der Waals surface area contributed by atoms with Gasteiger partial charge in [-0.05, 0) is 30.5 Å². The Balaban J connectivity index is 1.95. The van der Waals surface area contributed by atoms with Crippen LogP contribution in [0.25, 0.3) is 11.3 Å². The standard InChI is InChI=1S/C20H15N3O/c1-14-7-8-17(20(21)24)11-16(14)9-10-18-12-22-13-19(23-18)15-5-3-2-4-6-15/h2-8,11-13H,1H3,(H2,21,24). The molecule has 0 saturated heterocycles. The van der Waals surface area contributed by atoms with Gasteiger partial charge in [-0.15, -0.1) is 0 Å². The predicted octanol–water partition coefficient (Wildman–Crippen LogP) is 2.95. The molecule has 0 unspecified atom stereocenters. The first kappa shape index (κ1) is 15.4. The Kier molecular flexibility index (Phi) is 4.35. The van der Waals surface area contributed by atoms with Crippen LogP contribution in [0.1, 0.15) is 27.2 Å². The molecule has 0 aliphatic carbocycles. The van der Waals surface area contributed by atoms with Crippen LogP contribution in [0.5, 0.6) is 0 Å². The summed E-state index contributed by atoms with van der Waals surface area (Å²) in [5.41, 5.74) is 9.80.